The Hall–Kier alpha value is -0.580. The number of likely N-dealkylation sites (N-methyl/N-ethyl adjacent to an activating group) is 1. The molecule has 96 valence electrons. The number of anilines is 1. The molecule has 0 aliphatic heterocycles. The zero-order valence-electron chi connectivity index (χ0n) is 10.6. The zero-order chi connectivity index (χ0) is 13.1. The second kappa shape index (κ2) is 5.85. The van der Waals surface area contributed by atoms with Gasteiger partial charge in [-0.3, -0.25) is 0 Å². The molecule has 0 aromatic heterocycles. The standard InChI is InChI=1S/C13H20BrNO2/c1-4-15(9-13(2,3)17)12-6-5-11(14)7-10(12)8-16/h5-7,16-17H,4,8-9H2,1-3H3. The first-order valence-corrected chi connectivity index (χ1v) is 6.53. The molecule has 1 aromatic carbocycles. The van der Waals surface area contributed by atoms with E-state index in [4.69, 9.17) is 0 Å². The van der Waals surface area contributed by atoms with E-state index in [1.54, 1.807) is 13.8 Å². The molecule has 4 heteroatoms. The lowest BCUT2D eigenvalue weighted by Gasteiger charge is -2.31. The molecule has 0 spiro atoms. The summed E-state index contributed by atoms with van der Waals surface area (Å²) < 4.78 is 0.949. The van der Waals surface area contributed by atoms with Crippen molar-refractivity contribution in [2.45, 2.75) is 33.0 Å². The van der Waals surface area contributed by atoms with Crippen LogP contribution in [0.15, 0.2) is 22.7 Å². The van der Waals surface area contributed by atoms with Gasteiger partial charge in [-0.15, -0.1) is 0 Å². The quantitative estimate of drug-likeness (QED) is 0.878. The molecule has 17 heavy (non-hydrogen) atoms. The number of rotatable bonds is 5. The summed E-state index contributed by atoms with van der Waals surface area (Å²) in [5, 5.41) is 19.3. The minimum Gasteiger partial charge on any atom is -0.392 e. The molecular weight excluding hydrogens is 282 g/mol. The maximum Gasteiger partial charge on any atom is 0.0765 e. The summed E-state index contributed by atoms with van der Waals surface area (Å²) in [5.41, 5.74) is 1.08. The van der Waals surface area contributed by atoms with Gasteiger partial charge in [-0.1, -0.05) is 15.9 Å². The highest BCUT2D eigenvalue weighted by atomic mass is 79.9. The van der Waals surface area contributed by atoms with Gasteiger partial charge < -0.3 is 15.1 Å². The predicted octanol–water partition coefficient (Wildman–Crippen LogP) is 2.54. The molecule has 0 amide bonds. The van der Waals surface area contributed by atoms with Gasteiger partial charge in [-0.25, -0.2) is 0 Å². The third kappa shape index (κ3) is 4.30. The summed E-state index contributed by atoms with van der Waals surface area (Å²) >= 11 is 3.39. The normalized spacial score (nSPS) is 11.6. The van der Waals surface area contributed by atoms with Gasteiger partial charge in [0.1, 0.15) is 0 Å². The maximum atomic E-state index is 9.89. The van der Waals surface area contributed by atoms with Gasteiger partial charge in [-0.2, -0.15) is 0 Å². The molecule has 0 heterocycles. The van der Waals surface area contributed by atoms with Crippen molar-refractivity contribution in [3.8, 4) is 0 Å². The minimum atomic E-state index is -0.754. The first kappa shape index (κ1) is 14.5. The minimum absolute atomic E-state index is 0.00285. The number of halogens is 1. The molecule has 1 rings (SSSR count). The fourth-order valence-corrected chi connectivity index (χ4v) is 2.23. The summed E-state index contributed by atoms with van der Waals surface area (Å²) in [6.07, 6.45) is 0. The zero-order valence-corrected chi connectivity index (χ0v) is 12.2. The molecule has 0 unspecified atom stereocenters. The van der Waals surface area contributed by atoms with Crippen molar-refractivity contribution in [1.82, 2.24) is 0 Å². The first-order chi connectivity index (χ1) is 7.87. The number of aliphatic hydroxyl groups is 2. The van der Waals surface area contributed by atoms with Crippen LogP contribution in [0.2, 0.25) is 0 Å². The van der Waals surface area contributed by atoms with Gasteiger partial charge in [0, 0.05) is 28.8 Å². The van der Waals surface area contributed by atoms with Crippen LogP contribution in [0.3, 0.4) is 0 Å². The molecule has 0 saturated carbocycles. The Morgan fingerprint density at radius 1 is 1.35 bits per heavy atom. The van der Waals surface area contributed by atoms with E-state index in [1.807, 2.05) is 25.1 Å². The van der Waals surface area contributed by atoms with Crippen LogP contribution in [0.5, 0.6) is 0 Å². The van der Waals surface area contributed by atoms with Gasteiger partial charge in [0.2, 0.25) is 0 Å². The molecule has 3 nitrogen and oxygen atoms in total. The number of hydrogen-bond acceptors (Lipinski definition) is 3. The number of aliphatic hydroxyl groups excluding tert-OH is 1. The van der Waals surface area contributed by atoms with Crippen LogP contribution in [-0.2, 0) is 6.61 Å². The van der Waals surface area contributed by atoms with Crippen LogP contribution < -0.4 is 4.90 Å². The van der Waals surface area contributed by atoms with Crippen LogP contribution in [0.4, 0.5) is 5.69 Å². The van der Waals surface area contributed by atoms with Crippen LogP contribution in [-0.4, -0.2) is 28.9 Å². The molecule has 0 atom stereocenters. The van der Waals surface area contributed by atoms with E-state index in [2.05, 4.69) is 20.8 Å². The van der Waals surface area contributed by atoms with E-state index >= 15 is 0 Å². The summed E-state index contributed by atoms with van der Waals surface area (Å²) in [6, 6.07) is 5.81. The second-order valence-corrected chi connectivity index (χ2v) is 5.67. The van der Waals surface area contributed by atoms with Crippen molar-refractivity contribution in [2.24, 2.45) is 0 Å². The molecule has 1 aromatic rings. The third-order valence-corrected chi connectivity index (χ3v) is 3.01. The van der Waals surface area contributed by atoms with Crippen LogP contribution in [0, 0.1) is 0 Å². The van der Waals surface area contributed by atoms with Crippen molar-refractivity contribution < 1.29 is 10.2 Å². The lowest BCUT2D eigenvalue weighted by molar-refractivity contribution is 0.0875. The Balaban J connectivity index is 3.03. The largest absolute Gasteiger partial charge is 0.392 e. The molecule has 0 aliphatic rings. The number of nitrogens with zero attached hydrogens (tertiary/aromatic N) is 1. The van der Waals surface area contributed by atoms with Gasteiger partial charge >= 0.3 is 0 Å². The predicted molar refractivity (Wildman–Crippen MR) is 74.2 cm³/mol. The van der Waals surface area contributed by atoms with Gasteiger partial charge in [0.25, 0.3) is 0 Å². The Kier molecular flexibility index (Phi) is 4.98. The summed E-state index contributed by atoms with van der Waals surface area (Å²) in [4.78, 5) is 2.07. The molecule has 0 fully saturated rings. The highest BCUT2D eigenvalue weighted by Gasteiger charge is 2.19. The summed E-state index contributed by atoms with van der Waals surface area (Å²) in [6.45, 7) is 6.93. The molecule has 0 aliphatic carbocycles. The Labute approximate surface area is 111 Å². The Morgan fingerprint density at radius 3 is 2.47 bits per heavy atom. The fraction of sp³-hybridized carbons (Fsp3) is 0.538. The lowest BCUT2D eigenvalue weighted by atomic mass is 10.1. The Morgan fingerprint density at radius 2 is 2.00 bits per heavy atom. The van der Waals surface area contributed by atoms with E-state index in [0.717, 1.165) is 22.3 Å². The van der Waals surface area contributed by atoms with E-state index in [-0.39, 0.29) is 6.61 Å². The van der Waals surface area contributed by atoms with Crippen molar-refractivity contribution in [3.63, 3.8) is 0 Å². The van der Waals surface area contributed by atoms with Crippen LogP contribution in [0.25, 0.3) is 0 Å². The first-order valence-electron chi connectivity index (χ1n) is 5.74. The highest BCUT2D eigenvalue weighted by molar-refractivity contribution is 9.10. The van der Waals surface area contributed by atoms with Crippen molar-refractivity contribution in [3.05, 3.63) is 28.2 Å². The monoisotopic (exact) mass is 301 g/mol. The third-order valence-electron chi connectivity index (χ3n) is 2.51. The molecule has 0 radical (unpaired) electrons. The van der Waals surface area contributed by atoms with E-state index < -0.39 is 5.60 Å². The molecular formula is C13H20BrNO2. The average molecular weight is 302 g/mol. The SMILES string of the molecule is CCN(CC(C)(C)O)c1ccc(Br)cc1CO. The number of benzene rings is 1. The van der Waals surface area contributed by atoms with E-state index in [0.29, 0.717) is 6.54 Å². The van der Waals surface area contributed by atoms with Crippen molar-refractivity contribution >= 4 is 21.6 Å². The fourth-order valence-electron chi connectivity index (χ4n) is 1.82. The van der Waals surface area contributed by atoms with E-state index in [1.165, 1.54) is 0 Å². The van der Waals surface area contributed by atoms with Crippen molar-refractivity contribution in [2.75, 3.05) is 18.0 Å². The molecule has 0 saturated heterocycles. The topological polar surface area (TPSA) is 43.7 Å². The second-order valence-electron chi connectivity index (χ2n) is 4.76. The molecule has 0 bridgehead atoms. The van der Waals surface area contributed by atoms with Crippen molar-refractivity contribution in [1.29, 1.82) is 0 Å². The summed E-state index contributed by atoms with van der Waals surface area (Å²) in [7, 11) is 0. The lowest BCUT2D eigenvalue weighted by Crippen LogP contribution is -2.39. The maximum absolute atomic E-state index is 9.89. The van der Waals surface area contributed by atoms with Gasteiger partial charge in [-0.05, 0) is 39.0 Å². The van der Waals surface area contributed by atoms with Crippen LogP contribution in [0.1, 0.15) is 26.3 Å². The Bertz CT molecular complexity index is 374. The average Bonchev–Trinajstić information content (AvgIpc) is 2.24. The highest BCUT2D eigenvalue weighted by Crippen LogP contribution is 2.25. The summed E-state index contributed by atoms with van der Waals surface area (Å²) in [5.74, 6) is 0. The number of hydrogen-bond donors (Lipinski definition) is 2. The van der Waals surface area contributed by atoms with Gasteiger partial charge in [0.15, 0.2) is 0 Å². The van der Waals surface area contributed by atoms with Gasteiger partial charge in [0.05, 0.1) is 12.2 Å². The van der Waals surface area contributed by atoms with Crippen LogP contribution >= 0.6 is 15.9 Å². The van der Waals surface area contributed by atoms with E-state index in [9.17, 15) is 10.2 Å². The smallest absolute Gasteiger partial charge is 0.0765 e. The molecule has 2 N–H and O–H groups in total.